The highest BCUT2D eigenvalue weighted by Crippen LogP contribution is 2.25. The summed E-state index contributed by atoms with van der Waals surface area (Å²) in [5.74, 6) is 0.305. The van der Waals surface area contributed by atoms with E-state index in [1.54, 1.807) is 12.1 Å². The van der Waals surface area contributed by atoms with Crippen molar-refractivity contribution in [1.29, 1.82) is 0 Å². The van der Waals surface area contributed by atoms with Crippen LogP contribution in [-0.2, 0) is 13.0 Å². The Morgan fingerprint density at radius 2 is 1.41 bits per heavy atom. The monoisotopic (exact) mass is 361 g/mol. The summed E-state index contributed by atoms with van der Waals surface area (Å²) in [4.78, 5) is 0. The number of aromatic hydroxyl groups is 1. The summed E-state index contributed by atoms with van der Waals surface area (Å²) in [5, 5.41) is 9.54. The lowest BCUT2D eigenvalue weighted by Gasteiger charge is -2.13. The molecule has 0 fully saturated rings. The highest BCUT2D eigenvalue weighted by molar-refractivity contribution is 5.62. The molecule has 1 heterocycles. The first-order chi connectivity index (χ1) is 13.2. The van der Waals surface area contributed by atoms with Crippen molar-refractivity contribution in [2.45, 2.75) is 58.9 Å². The average Bonchev–Trinajstić information content (AvgIpc) is 3.04. The Morgan fingerprint density at radius 3 is 2.11 bits per heavy atom. The lowest BCUT2D eigenvalue weighted by atomic mass is 10.0. The van der Waals surface area contributed by atoms with Crippen molar-refractivity contribution in [1.82, 2.24) is 4.57 Å². The highest BCUT2D eigenvalue weighted by Gasteiger charge is 2.08. The van der Waals surface area contributed by atoms with Crippen LogP contribution in [0.15, 0.2) is 60.7 Å². The normalized spacial score (nSPS) is 11.0. The third kappa shape index (κ3) is 5.26. The molecule has 0 saturated heterocycles. The Balaban J connectivity index is 1.65. The molecule has 0 saturated carbocycles. The molecule has 3 rings (SSSR count). The summed E-state index contributed by atoms with van der Waals surface area (Å²) in [6, 6.07) is 20.9. The van der Waals surface area contributed by atoms with Gasteiger partial charge in [0, 0.05) is 17.9 Å². The predicted molar refractivity (Wildman–Crippen MR) is 114 cm³/mol. The zero-order valence-electron chi connectivity index (χ0n) is 16.6. The molecule has 0 aliphatic heterocycles. The van der Waals surface area contributed by atoms with Crippen molar-refractivity contribution in [3.05, 3.63) is 77.5 Å². The van der Waals surface area contributed by atoms with Crippen LogP contribution in [0.5, 0.6) is 5.75 Å². The smallest absolute Gasteiger partial charge is 0.115 e. The molecule has 142 valence electrons. The van der Waals surface area contributed by atoms with E-state index in [4.69, 9.17) is 0 Å². The highest BCUT2D eigenvalue weighted by atomic mass is 16.3. The van der Waals surface area contributed by atoms with Gasteiger partial charge in [0.2, 0.25) is 0 Å². The maximum atomic E-state index is 9.54. The second-order valence-corrected chi connectivity index (χ2v) is 7.47. The predicted octanol–water partition coefficient (Wildman–Crippen LogP) is 6.73. The number of hydrogen-bond donors (Lipinski definition) is 1. The number of aromatic nitrogens is 1. The minimum atomic E-state index is 0.305. The average molecular weight is 362 g/mol. The van der Waals surface area contributed by atoms with Crippen molar-refractivity contribution in [3.63, 3.8) is 0 Å². The summed E-state index contributed by atoms with van der Waals surface area (Å²) in [5.41, 5.74) is 6.33. The third-order valence-corrected chi connectivity index (χ3v) is 5.29. The molecule has 2 heteroatoms. The van der Waals surface area contributed by atoms with Gasteiger partial charge in [-0.15, -0.1) is 0 Å². The fourth-order valence-corrected chi connectivity index (χ4v) is 3.59. The number of hydrogen-bond acceptors (Lipinski definition) is 1. The fraction of sp³-hybridized carbons (Fsp3) is 0.360. The van der Waals surface area contributed by atoms with E-state index in [0.29, 0.717) is 5.75 Å². The summed E-state index contributed by atoms with van der Waals surface area (Å²) < 4.78 is 2.34. The van der Waals surface area contributed by atoms with E-state index < -0.39 is 0 Å². The maximum absolute atomic E-state index is 9.54. The molecule has 2 aromatic carbocycles. The van der Waals surface area contributed by atoms with Crippen LogP contribution < -0.4 is 0 Å². The molecular weight excluding hydrogens is 330 g/mol. The fourth-order valence-electron chi connectivity index (χ4n) is 3.59. The zero-order valence-corrected chi connectivity index (χ0v) is 16.6. The van der Waals surface area contributed by atoms with Crippen LogP contribution >= 0.6 is 0 Å². The molecular formula is C25H31NO. The molecule has 1 aromatic heterocycles. The van der Waals surface area contributed by atoms with Gasteiger partial charge in [-0.05, 0) is 72.9 Å². The number of aryl methyl sites for hydroxylation is 2. The molecule has 3 aromatic rings. The lowest BCUT2D eigenvalue weighted by Crippen LogP contribution is -2.03. The summed E-state index contributed by atoms with van der Waals surface area (Å²) in [6.07, 6.45) is 7.85. The van der Waals surface area contributed by atoms with Crippen molar-refractivity contribution >= 4 is 0 Å². The third-order valence-electron chi connectivity index (χ3n) is 5.29. The van der Waals surface area contributed by atoms with E-state index in [0.717, 1.165) is 12.1 Å². The molecule has 0 bridgehead atoms. The molecule has 0 amide bonds. The van der Waals surface area contributed by atoms with E-state index in [-0.39, 0.29) is 0 Å². The minimum absolute atomic E-state index is 0.305. The Morgan fingerprint density at radius 1 is 0.741 bits per heavy atom. The van der Waals surface area contributed by atoms with Crippen LogP contribution in [0.25, 0.3) is 11.3 Å². The van der Waals surface area contributed by atoms with E-state index >= 15 is 0 Å². The van der Waals surface area contributed by atoms with Crippen LogP contribution in [0.1, 0.15) is 55.8 Å². The van der Waals surface area contributed by atoms with Gasteiger partial charge in [-0.3, -0.25) is 0 Å². The van der Waals surface area contributed by atoms with Crippen molar-refractivity contribution in [3.8, 4) is 17.0 Å². The minimum Gasteiger partial charge on any atom is -0.508 e. The number of rotatable bonds is 9. The first kappa shape index (κ1) is 19.3. The number of unbranched alkanes of at least 4 members (excludes halogenated alkanes) is 4. The van der Waals surface area contributed by atoms with Crippen LogP contribution in [-0.4, -0.2) is 9.67 Å². The lowest BCUT2D eigenvalue weighted by molar-refractivity contribution is 0.475. The Labute approximate surface area is 163 Å². The second-order valence-electron chi connectivity index (χ2n) is 7.47. The van der Waals surface area contributed by atoms with Gasteiger partial charge in [-0.25, -0.2) is 0 Å². The molecule has 0 spiro atoms. The molecule has 0 aliphatic rings. The molecule has 0 aliphatic carbocycles. The summed E-state index contributed by atoms with van der Waals surface area (Å²) in [7, 11) is 0. The van der Waals surface area contributed by atoms with E-state index in [9.17, 15) is 5.11 Å². The molecule has 0 radical (unpaired) electrons. The summed E-state index contributed by atoms with van der Waals surface area (Å²) in [6.45, 7) is 5.28. The Bertz CT molecular complexity index is 828. The van der Waals surface area contributed by atoms with Gasteiger partial charge in [-0.1, -0.05) is 56.9 Å². The second kappa shape index (κ2) is 9.45. The largest absolute Gasteiger partial charge is 0.508 e. The van der Waals surface area contributed by atoms with Crippen LogP contribution in [0, 0.1) is 6.92 Å². The van der Waals surface area contributed by atoms with Crippen molar-refractivity contribution < 1.29 is 5.11 Å². The number of benzene rings is 2. The maximum Gasteiger partial charge on any atom is 0.115 e. The van der Waals surface area contributed by atoms with Gasteiger partial charge in [0.05, 0.1) is 0 Å². The first-order valence-electron chi connectivity index (χ1n) is 10.2. The molecule has 2 nitrogen and oxygen atoms in total. The molecule has 27 heavy (non-hydrogen) atoms. The van der Waals surface area contributed by atoms with E-state index in [1.807, 2.05) is 12.1 Å². The van der Waals surface area contributed by atoms with Gasteiger partial charge in [-0.2, -0.15) is 0 Å². The molecule has 1 N–H and O–H groups in total. The Kier molecular flexibility index (Phi) is 6.75. The van der Waals surface area contributed by atoms with Crippen LogP contribution in [0.4, 0.5) is 0 Å². The van der Waals surface area contributed by atoms with Crippen molar-refractivity contribution in [2.24, 2.45) is 0 Å². The summed E-state index contributed by atoms with van der Waals surface area (Å²) >= 11 is 0. The van der Waals surface area contributed by atoms with Crippen LogP contribution in [0.2, 0.25) is 0 Å². The molecule has 0 unspecified atom stereocenters. The van der Waals surface area contributed by atoms with Crippen molar-refractivity contribution in [2.75, 3.05) is 0 Å². The van der Waals surface area contributed by atoms with Crippen LogP contribution in [0.3, 0.4) is 0 Å². The Hall–Kier alpha value is -2.48. The van der Waals surface area contributed by atoms with Gasteiger partial charge in [0.25, 0.3) is 0 Å². The molecule has 0 atom stereocenters. The van der Waals surface area contributed by atoms with Gasteiger partial charge in [0.1, 0.15) is 5.75 Å². The van der Waals surface area contributed by atoms with E-state index in [1.165, 1.54) is 61.0 Å². The standard InChI is InChI=1S/C25H31NO/c1-3-4-5-6-7-8-21-10-12-22(13-11-21)19-26-20(2)9-18-25(26)23-14-16-24(27)17-15-23/h9-18,27H,3-8,19H2,1-2H3. The number of phenols is 1. The first-order valence-corrected chi connectivity index (χ1v) is 10.2. The zero-order chi connectivity index (χ0) is 19.1. The topological polar surface area (TPSA) is 25.2 Å². The quantitative estimate of drug-likeness (QED) is 0.420. The van der Waals surface area contributed by atoms with Gasteiger partial charge in [0.15, 0.2) is 0 Å². The number of phenolic OH excluding ortho intramolecular Hbond substituents is 1. The van der Waals surface area contributed by atoms with E-state index in [2.05, 4.69) is 54.8 Å². The number of nitrogens with zero attached hydrogens (tertiary/aromatic N) is 1. The SMILES string of the molecule is CCCCCCCc1ccc(Cn2c(C)ccc2-c2ccc(O)cc2)cc1. The van der Waals surface area contributed by atoms with Gasteiger partial charge >= 0.3 is 0 Å². The van der Waals surface area contributed by atoms with Gasteiger partial charge < -0.3 is 9.67 Å².